The fraction of sp³-hybridized carbons (Fsp3) is 0.636. The second kappa shape index (κ2) is 11.6. The van der Waals surface area contributed by atoms with Crippen LogP contribution in [0.15, 0.2) is 36.4 Å². The molecule has 6 rings (SSSR count). The molecule has 3 heterocycles. The molecule has 44 heavy (non-hydrogen) atoms. The summed E-state index contributed by atoms with van der Waals surface area (Å²) in [5.41, 5.74) is 0.629. The Morgan fingerprint density at radius 2 is 1.93 bits per heavy atom. The number of rotatable bonds is 6. The lowest BCUT2D eigenvalue weighted by molar-refractivity contribution is -0.141. The van der Waals surface area contributed by atoms with Crippen LogP contribution in [-0.4, -0.2) is 63.9 Å². The van der Waals surface area contributed by atoms with E-state index in [-0.39, 0.29) is 36.5 Å². The van der Waals surface area contributed by atoms with Gasteiger partial charge in [0.05, 0.1) is 33.8 Å². The smallest absolute Gasteiger partial charge is 0.297 e. The number of benzene rings is 1. The van der Waals surface area contributed by atoms with Crippen molar-refractivity contribution in [2.75, 3.05) is 6.54 Å². The number of hydrogen-bond donors (Lipinski definition) is 1. The third-order valence-corrected chi connectivity index (χ3v) is 12.5. The highest BCUT2D eigenvalue weighted by Crippen LogP contribution is 2.57. The van der Waals surface area contributed by atoms with E-state index in [1.807, 2.05) is 48.8 Å². The molecule has 11 heteroatoms. The molecule has 0 spiro atoms. The van der Waals surface area contributed by atoms with Gasteiger partial charge >= 0.3 is 0 Å². The SMILES string of the molecule is CCn1c(O[C@@H]2C[C@H]3C(=O)C[C@]4(C(=O)NS(=O)(=O)C5(C)CC5)C[C@@H]4/C=C\CCCCC[C@H](C)C(=O)N3C2)nc2ccccc21. The normalized spacial score (nSPS) is 31.4. The van der Waals surface area contributed by atoms with Crippen molar-refractivity contribution in [1.82, 2.24) is 19.2 Å². The fourth-order valence-corrected chi connectivity index (χ4v) is 8.27. The van der Waals surface area contributed by atoms with Crippen LogP contribution in [0.2, 0.25) is 0 Å². The molecule has 5 atom stereocenters. The van der Waals surface area contributed by atoms with Crippen LogP contribution in [0.1, 0.15) is 85.0 Å². The average molecular weight is 625 g/mol. The molecule has 1 aromatic heterocycles. The number of allylic oxidation sites excluding steroid dienone is 2. The number of Topliss-reactive ketones (excluding diaryl/α,β-unsaturated/α-hetero) is 1. The van der Waals surface area contributed by atoms with Crippen LogP contribution >= 0.6 is 0 Å². The molecule has 2 saturated carbocycles. The van der Waals surface area contributed by atoms with Gasteiger partial charge in [-0.15, -0.1) is 0 Å². The van der Waals surface area contributed by atoms with E-state index in [4.69, 9.17) is 4.74 Å². The number of ether oxygens (including phenoxy) is 1. The molecular weight excluding hydrogens is 580 g/mol. The number of fused-ring (bicyclic) bond motifs is 3. The number of amides is 2. The van der Waals surface area contributed by atoms with E-state index in [0.29, 0.717) is 38.2 Å². The quantitative estimate of drug-likeness (QED) is 0.468. The number of sulfonamides is 1. The number of aromatic nitrogens is 2. The van der Waals surface area contributed by atoms with Gasteiger partial charge in [-0.2, -0.15) is 4.98 Å². The van der Waals surface area contributed by atoms with Crippen molar-refractivity contribution in [3.63, 3.8) is 0 Å². The average Bonchev–Trinajstić information content (AvgIpc) is 3.81. The van der Waals surface area contributed by atoms with Gasteiger partial charge in [-0.3, -0.25) is 23.7 Å². The van der Waals surface area contributed by atoms with Crippen LogP contribution in [0.25, 0.3) is 11.0 Å². The predicted molar refractivity (Wildman–Crippen MR) is 166 cm³/mol. The van der Waals surface area contributed by atoms with E-state index in [1.165, 1.54) is 0 Å². The van der Waals surface area contributed by atoms with Gasteiger partial charge in [-0.05, 0) is 70.4 Å². The van der Waals surface area contributed by atoms with E-state index in [9.17, 15) is 22.8 Å². The number of carbonyl (C=O) groups excluding carboxylic acids is 3. The first-order valence-electron chi connectivity index (χ1n) is 16.2. The molecule has 2 aliphatic heterocycles. The summed E-state index contributed by atoms with van der Waals surface area (Å²) < 4.78 is 35.8. The summed E-state index contributed by atoms with van der Waals surface area (Å²) in [5.74, 6) is -1.38. The summed E-state index contributed by atoms with van der Waals surface area (Å²) in [4.78, 5) is 48.0. The fourth-order valence-electron chi connectivity index (χ4n) is 6.94. The molecule has 0 unspecified atom stereocenters. The molecule has 3 fully saturated rings. The highest BCUT2D eigenvalue weighted by Gasteiger charge is 2.62. The summed E-state index contributed by atoms with van der Waals surface area (Å²) >= 11 is 0. The molecule has 2 aliphatic carbocycles. The summed E-state index contributed by atoms with van der Waals surface area (Å²) in [7, 11) is -3.85. The second-order valence-corrected chi connectivity index (χ2v) is 15.8. The number of carbonyl (C=O) groups is 3. The Hall–Kier alpha value is -3.21. The van der Waals surface area contributed by atoms with Gasteiger partial charge in [0.25, 0.3) is 6.01 Å². The maximum absolute atomic E-state index is 14.1. The van der Waals surface area contributed by atoms with E-state index >= 15 is 0 Å². The van der Waals surface area contributed by atoms with Crippen molar-refractivity contribution < 1.29 is 27.5 Å². The molecule has 1 saturated heterocycles. The van der Waals surface area contributed by atoms with Crippen LogP contribution in [0, 0.1) is 17.3 Å². The Balaban J connectivity index is 1.27. The molecule has 4 aliphatic rings. The molecule has 10 nitrogen and oxygen atoms in total. The number of nitrogens with zero attached hydrogens (tertiary/aromatic N) is 3. The molecule has 1 N–H and O–H groups in total. The molecule has 0 radical (unpaired) electrons. The van der Waals surface area contributed by atoms with Gasteiger partial charge in [-0.25, -0.2) is 8.42 Å². The molecular formula is C33H44N4O6S. The van der Waals surface area contributed by atoms with Crippen molar-refractivity contribution >= 4 is 38.7 Å². The summed E-state index contributed by atoms with van der Waals surface area (Å²) in [5, 5.41) is 0. The first-order valence-corrected chi connectivity index (χ1v) is 17.6. The number of nitrogens with one attached hydrogen (secondary N) is 1. The van der Waals surface area contributed by atoms with Crippen LogP contribution < -0.4 is 9.46 Å². The zero-order valence-electron chi connectivity index (χ0n) is 26.0. The third kappa shape index (κ3) is 5.68. The summed E-state index contributed by atoms with van der Waals surface area (Å²) in [6.07, 6.45) is 9.64. The summed E-state index contributed by atoms with van der Waals surface area (Å²) in [6, 6.07) is 7.49. The van der Waals surface area contributed by atoms with Gasteiger partial charge in [-0.1, -0.05) is 44.1 Å². The zero-order valence-corrected chi connectivity index (χ0v) is 26.8. The van der Waals surface area contributed by atoms with Gasteiger partial charge < -0.3 is 9.64 Å². The monoisotopic (exact) mass is 624 g/mol. The molecule has 1 aromatic carbocycles. The van der Waals surface area contributed by atoms with Crippen LogP contribution in [0.5, 0.6) is 6.01 Å². The van der Waals surface area contributed by atoms with Crippen molar-refractivity contribution in [2.45, 2.75) is 108 Å². The molecule has 0 bridgehead atoms. The third-order valence-electron chi connectivity index (χ3n) is 10.3. The number of aryl methyl sites for hydroxylation is 1. The minimum atomic E-state index is -3.85. The standard InChI is InChI=1S/C33H44N4O6S/c1-4-36-26-15-11-10-14-25(26)34-31(36)43-24-18-27-28(38)20-33(30(40)35-44(41,42)32(3)16-17-32)19-23(33)13-9-7-5-6-8-12-22(2)29(39)37(27)21-24/h9-11,13-15,22-24,27H,4-8,12,16-21H2,1-3H3,(H,35,40)/b13-9-/t22-,23-,24+,27-,33+/m0/s1. The number of ketones is 1. The number of imidazole rings is 1. The van der Waals surface area contributed by atoms with Crippen LogP contribution in [-0.2, 0) is 31.0 Å². The predicted octanol–water partition coefficient (Wildman–Crippen LogP) is 4.52. The van der Waals surface area contributed by atoms with Crippen molar-refractivity contribution in [1.29, 1.82) is 0 Å². The highest BCUT2D eigenvalue weighted by molar-refractivity contribution is 7.91. The van der Waals surface area contributed by atoms with Gasteiger partial charge in [0.2, 0.25) is 21.8 Å². The molecule has 2 amide bonds. The van der Waals surface area contributed by atoms with Gasteiger partial charge in [0, 0.05) is 25.3 Å². The lowest BCUT2D eigenvalue weighted by Gasteiger charge is -2.28. The number of hydrogen-bond acceptors (Lipinski definition) is 7. The van der Waals surface area contributed by atoms with Crippen molar-refractivity contribution in [3.05, 3.63) is 36.4 Å². The number of para-hydroxylation sites is 2. The maximum Gasteiger partial charge on any atom is 0.297 e. The van der Waals surface area contributed by atoms with E-state index in [2.05, 4.69) is 15.8 Å². The maximum atomic E-state index is 14.1. The van der Waals surface area contributed by atoms with Crippen LogP contribution in [0.3, 0.4) is 0 Å². The molecule has 238 valence electrons. The largest absolute Gasteiger partial charge is 0.459 e. The first kappa shape index (κ1) is 30.8. The van der Waals surface area contributed by atoms with Crippen molar-refractivity contribution in [3.8, 4) is 6.01 Å². The zero-order chi connectivity index (χ0) is 31.3. The highest BCUT2D eigenvalue weighted by atomic mass is 32.2. The van der Waals surface area contributed by atoms with Gasteiger partial charge in [0.1, 0.15) is 6.10 Å². The van der Waals surface area contributed by atoms with Crippen molar-refractivity contribution in [2.24, 2.45) is 17.3 Å². The summed E-state index contributed by atoms with van der Waals surface area (Å²) in [6.45, 7) is 6.48. The van der Waals surface area contributed by atoms with Crippen LogP contribution in [0.4, 0.5) is 0 Å². The van der Waals surface area contributed by atoms with E-state index in [0.717, 1.165) is 43.1 Å². The first-order chi connectivity index (χ1) is 21.0. The van der Waals surface area contributed by atoms with Gasteiger partial charge in [0.15, 0.2) is 5.78 Å². The Morgan fingerprint density at radius 3 is 2.68 bits per heavy atom. The molecule has 2 aromatic rings. The van der Waals surface area contributed by atoms with E-state index in [1.54, 1.807) is 11.8 Å². The second-order valence-electron chi connectivity index (χ2n) is 13.6. The Kier molecular flexibility index (Phi) is 8.13. The lowest BCUT2D eigenvalue weighted by Crippen LogP contribution is -2.46. The van der Waals surface area contributed by atoms with E-state index < -0.39 is 38.2 Å². The Bertz CT molecular complexity index is 1590. The minimum absolute atomic E-state index is 0.0819. The minimum Gasteiger partial charge on any atom is -0.459 e. The topological polar surface area (TPSA) is 128 Å². The Labute approximate surface area is 259 Å². The Morgan fingerprint density at radius 1 is 1.16 bits per heavy atom. The lowest BCUT2D eigenvalue weighted by atomic mass is 9.91.